The van der Waals surface area contributed by atoms with Crippen molar-refractivity contribution in [2.24, 2.45) is 0 Å². The van der Waals surface area contributed by atoms with E-state index in [1.165, 1.54) is 6.07 Å². The fourth-order valence-electron chi connectivity index (χ4n) is 2.29. The first-order valence-electron chi connectivity index (χ1n) is 6.34. The van der Waals surface area contributed by atoms with E-state index in [0.717, 1.165) is 22.5 Å². The maximum atomic E-state index is 13.4. The van der Waals surface area contributed by atoms with E-state index in [1.54, 1.807) is 25.4 Å². The second-order valence-electron chi connectivity index (χ2n) is 4.60. The Balaban J connectivity index is 2.26. The van der Waals surface area contributed by atoms with Crippen LogP contribution in [0.3, 0.4) is 0 Å². The van der Waals surface area contributed by atoms with E-state index in [4.69, 9.17) is 11.6 Å². The highest BCUT2D eigenvalue weighted by atomic mass is 35.5. The van der Waals surface area contributed by atoms with Crippen molar-refractivity contribution in [3.05, 3.63) is 53.9 Å². The molecule has 0 N–H and O–H groups in total. The molecule has 2 heterocycles. The largest absolute Gasteiger partial charge is 0.296 e. The Morgan fingerprint density at radius 1 is 1.30 bits per heavy atom. The topological polar surface area (TPSA) is 30.7 Å². The molecule has 3 rings (SSSR count). The monoisotopic (exact) mass is 289 g/mol. The number of hydrogen-bond donors (Lipinski definition) is 0. The average molecular weight is 290 g/mol. The Bertz CT molecular complexity index is 767. The average Bonchev–Trinajstić information content (AvgIpc) is 2.80. The number of rotatable bonds is 3. The zero-order chi connectivity index (χ0) is 14.1. The molecule has 20 heavy (non-hydrogen) atoms. The number of aryl methyl sites for hydroxylation is 2. The highest BCUT2D eigenvalue weighted by Gasteiger charge is 2.12. The standard InChI is InChI=1S/C15H13ClFN3/c1-10-8-11(2-3-12(10)17)20-14-5-7-18-9-13(14)19-15(20)4-6-16/h2-3,5,7-9H,4,6H2,1H3. The van der Waals surface area contributed by atoms with E-state index in [-0.39, 0.29) is 5.82 Å². The normalized spacial score (nSPS) is 11.2. The maximum Gasteiger partial charge on any atom is 0.126 e. The summed E-state index contributed by atoms with van der Waals surface area (Å²) in [6.07, 6.45) is 4.09. The number of fused-ring (bicyclic) bond motifs is 1. The summed E-state index contributed by atoms with van der Waals surface area (Å²) in [6, 6.07) is 6.94. The molecule has 0 aliphatic heterocycles. The van der Waals surface area contributed by atoms with Crippen molar-refractivity contribution in [1.82, 2.24) is 14.5 Å². The fraction of sp³-hybridized carbons (Fsp3) is 0.200. The van der Waals surface area contributed by atoms with Gasteiger partial charge in [0.2, 0.25) is 0 Å². The van der Waals surface area contributed by atoms with Gasteiger partial charge in [-0.05, 0) is 36.8 Å². The lowest BCUT2D eigenvalue weighted by atomic mass is 10.2. The molecule has 3 aromatic rings. The van der Waals surface area contributed by atoms with Crippen LogP contribution in [0, 0.1) is 12.7 Å². The molecule has 0 aliphatic carbocycles. The van der Waals surface area contributed by atoms with Crippen molar-refractivity contribution >= 4 is 22.6 Å². The van der Waals surface area contributed by atoms with E-state index in [1.807, 2.05) is 16.7 Å². The molecule has 0 atom stereocenters. The van der Waals surface area contributed by atoms with Crippen LogP contribution in [0.15, 0.2) is 36.7 Å². The van der Waals surface area contributed by atoms with Crippen molar-refractivity contribution in [3.63, 3.8) is 0 Å². The van der Waals surface area contributed by atoms with E-state index >= 15 is 0 Å². The minimum Gasteiger partial charge on any atom is -0.296 e. The van der Waals surface area contributed by atoms with Gasteiger partial charge in [0, 0.05) is 24.2 Å². The molecule has 0 spiro atoms. The Morgan fingerprint density at radius 3 is 2.90 bits per heavy atom. The lowest BCUT2D eigenvalue weighted by Gasteiger charge is -2.09. The lowest BCUT2D eigenvalue weighted by molar-refractivity contribution is 0.618. The summed E-state index contributed by atoms with van der Waals surface area (Å²) in [4.78, 5) is 8.64. The Labute approximate surface area is 121 Å². The second-order valence-corrected chi connectivity index (χ2v) is 4.98. The molecular formula is C15H13ClFN3. The number of halogens is 2. The molecule has 0 radical (unpaired) electrons. The van der Waals surface area contributed by atoms with Gasteiger partial charge < -0.3 is 0 Å². The van der Waals surface area contributed by atoms with Gasteiger partial charge >= 0.3 is 0 Å². The van der Waals surface area contributed by atoms with Crippen molar-refractivity contribution in [2.75, 3.05) is 5.88 Å². The number of alkyl halides is 1. The molecule has 3 nitrogen and oxygen atoms in total. The van der Waals surface area contributed by atoms with Crippen LogP contribution in [-0.2, 0) is 6.42 Å². The van der Waals surface area contributed by atoms with E-state index in [2.05, 4.69) is 9.97 Å². The molecule has 0 aliphatic rings. The number of benzene rings is 1. The molecule has 1 aromatic carbocycles. The van der Waals surface area contributed by atoms with Crippen LogP contribution in [0.4, 0.5) is 4.39 Å². The summed E-state index contributed by atoms with van der Waals surface area (Å²) in [7, 11) is 0. The van der Waals surface area contributed by atoms with Gasteiger partial charge in [0.15, 0.2) is 0 Å². The summed E-state index contributed by atoms with van der Waals surface area (Å²) < 4.78 is 15.5. The Kier molecular flexibility index (Phi) is 3.40. The molecule has 2 aromatic heterocycles. The van der Waals surface area contributed by atoms with Crippen LogP contribution in [0.1, 0.15) is 11.4 Å². The van der Waals surface area contributed by atoms with Gasteiger partial charge in [0.05, 0.1) is 11.7 Å². The quantitative estimate of drug-likeness (QED) is 0.689. The van der Waals surface area contributed by atoms with Gasteiger partial charge in [-0.1, -0.05) is 0 Å². The zero-order valence-corrected chi connectivity index (χ0v) is 11.7. The molecule has 0 bridgehead atoms. The molecule has 0 saturated heterocycles. The summed E-state index contributed by atoms with van der Waals surface area (Å²) in [5.74, 6) is 1.13. The number of hydrogen-bond acceptors (Lipinski definition) is 2. The van der Waals surface area contributed by atoms with Gasteiger partial charge in [-0.15, -0.1) is 11.6 Å². The van der Waals surface area contributed by atoms with Crippen LogP contribution in [0.25, 0.3) is 16.7 Å². The second kappa shape index (κ2) is 5.21. The van der Waals surface area contributed by atoms with Gasteiger partial charge in [-0.25, -0.2) is 9.37 Å². The predicted molar refractivity (Wildman–Crippen MR) is 78.0 cm³/mol. The molecular weight excluding hydrogens is 277 g/mol. The van der Waals surface area contributed by atoms with Gasteiger partial charge in [0.25, 0.3) is 0 Å². The van der Waals surface area contributed by atoms with Crippen LogP contribution in [0.5, 0.6) is 0 Å². The van der Waals surface area contributed by atoms with Crippen molar-refractivity contribution in [3.8, 4) is 5.69 Å². The predicted octanol–water partition coefficient (Wildman–Crippen LogP) is 3.65. The first-order chi connectivity index (χ1) is 9.70. The number of nitrogens with zero attached hydrogens (tertiary/aromatic N) is 3. The summed E-state index contributed by atoms with van der Waals surface area (Å²) in [5, 5.41) is 0. The molecule has 0 unspecified atom stereocenters. The lowest BCUT2D eigenvalue weighted by Crippen LogP contribution is -2.03. The first-order valence-corrected chi connectivity index (χ1v) is 6.88. The number of pyridine rings is 1. The zero-order valence-electron chi connectivity index (χ0n) is 11.0. The molecule has 0 saturated carbocycles. The molecule has 102 valence electrons. The molecule has 0 amide bonds. The third-order valence-electron chi connectivity index (χ3n) is 3.24. The smallest absolute Gasteiger partial charge is 0.126 e. The fourth-order valence-corrected chi connectivity index (χ4v) is 2.46. The Morgan fingerprint density at radius 2 is 2.15 bits per heavy atom. The van der Waals surface area contributed by atoms with Gasteiger partial charge in [0.1, 0.15) is 17.2 Å². The van der Waals surface area contributed by atoms with Crippen molar-refractivity contribution in [2.45, 2.75) is 13.3 Å². The van der Waals surface area contributed by atoms with Gasteiger partial charge in [-0.2, -0.15) is 0 Å². The minimum atomic E-state index is -0.210. The van der Waals surface area contributed by atoms with E-state index in [9.17, 15) is 4.39 Å². The molecule has 5 heteroatoms. The van der Waals surface area contributed by atoms with Crippen LogP contribution in [0.2, 0.25) is 0 Å². The minimum absolute atomic E-state index is 0.210. The summed E-state index contributed by atoms with van der Waals surface area (Å²) >= 11 is 5.85. The summed E-state index contributed by atoms with van der Waals surface area (Å²) in [5.41, 5.74) is 3.26. The highest BCUT2D eigenvalue weighted by molar-refractivity contribution is 6.17. The third kappa shape index (κ3) is 2.16. The maximum absolute atomic E-state index is 13.4. The van der Waals surface area contributed by atoms with Crippen molar-refractivity contribution in [1.29, 1.82) is 0 Å². The SMILES string of the molecule is Cc1cc(-n2c(CCCl)nc3cnccc32)ccc1F. The van der Waals surface area contributed by atoms with E-state index in [0.29, 0.717) is 17.9 Å². The van der Waals surface area contributed by atoms with E-state index < -0.39 is 0 Å². The Hall–Kier alpha value is -1.94. The van der Waals surface area contributed by atoms with Crippen molar-refractivity contribution < 1.29 is 4.39 Å². The summed E-state index contributed by atoms with van der Waals surface area (Å²) in [6.45, 7) is 1.75. The number of imidazole rings is 1. The van der Waals surface area contributed by atoms with Crippen LogP contribution >= 0.6 is 11.6 Å². The third-order valence-corrected chi connectivity index (χ3v) is 3.43. The molecule has 0 fully saturated rings. The van der Waals surface area contributed by atoms with Crippen LogP contribution in [-0.4, -0.2) is 20.4 Å². The van der Waals surface area contributed by atoms with Crippen LogP contribution < -0.4 is 0 Å². The number of aromatic nitrogens is 3. The first kappa shape index (κ1) is 13.1. The van der Waals surface area contributed by atoms with Gasteiger partial charge in [-0.3, -0.25) is 9.55 Å². The highest BCUT2D eigenvalue weighted by Crippen LogP contribution is 2.23.